The summed E-state index contributed by atoms with van der Waals surface area (Å²) in [5, 5.41) is 12.2. The number of benzene rings is 3. The second-order valence-corrected chi connectivity index (χ2v) is 11.5. The number of hydrogen-bond donors (Lipinski definition) is 0. The van der Waals surface area contributed by atoms with E-state index in [2.05, 4.69) is 79.3 Å². The topological polar surface area (TPSA) is 40.8 Å². The van der Waals surface area contributed by atoms with Gasteiger partial charge in [0.1, 0.15) is 18.2 Å². The first-order chi connectivity index (χ1) is 18.6. The van der Waals surface area contributed by atoms with Crippen molar-refractivity contribution in [3.05, 3.63) is 89.6 Å². The van der Waals surface area contributed by atoms with Gasteiger partial charge < -0.3 is 4.42 Å². The summed E-state index contributed by atoms with van der Waals surface area (Å²) in [6.45, 7) is 2.13. The van der Waals surface area contributed by atoms with Crippen molar-refractivity contribution >= 4 is 21.9 Å². The summed E-state index contributed by atoms with van der Waals surface area (Å²) < 4.78 is 8.88. The van der Waals surface area contributed by atoms with Crippen molar-refractivity contribution in [2.24, 2.45) is 12.5 Å². The Hall–Kier alpha value is -3.90. The first-order valence-electron chi connectivity index (χ1n) is 14.0. The third kappa shape index (κ3) is 3.43. The number of furan rings is 1. The lowest BCUT2D eigenvalue weighted by molar-refractivity contribution is -0.660. The first-order valence-corrected chi connectivity index (χ1v) is 14.0. The maximum atomic E-state index is 10.1. The van der Waals surface area contributed by atoms with Gasteiger partial charge >= 0.3 is 0 Å². The van der Waals surface area contributed by atoms with E-state index in [1.54, 1.807) is 0 Å². The molecule has 2 fully saturated rings. The monoisotopic (exact) mass is 497 g/mol. The lowest BCUT2D eigenvalue weighted by Gasteiger charge is -2.31. The Balaban J connectivity index is 1.40. The van der Waals surface area contributed by atoms with E-state index < -0.39 is 0 Å². The highest BCUT2D eigenvalue weighted by molar-refractivity contribution is 6.14. The molecule has 3 heteroatoms. The minimum atomic E-state index is 0.528. The van der Waals surface area contributed by atoms with Crippen LogP contribution in [0, 0.1) is 23.7 Å². The SMILES string of the molecule is Cc1ccc2c(oc3c(-c4ccc(C5CCCC56CCCC6)cc4)c(C#N)ccc32)c1-c1cccc[n+]1C. The Labute approximate surface area is 224 Å². The molecule has 0 radical (unpaired) electrons. The van der Waals surface area contributed by atoms with Crippen LogP contribution in [-0.2, 0) is 7.05 Å². The van der Waals surface area contributed by atoms with Crippen molar-refractivity contribution in [1.82, 2.24) is 0 Å². The van der Waals surface area contributed by atoms with Crippen molar-refractivity contribution in [2.75, 3.05) is 0 Å². The molecule has 3 nitrogen and oxygen atoms in total. The standard InChI is InChI=1S/C35H33N2O/c1-23-10-16-27-28-17-15-26(22-36)32(34(28)38-33(27)31(23)30-9-3-6-21-37(30)2)25-13-11-24(12-14-25)29-8-7-20-35(29)18-4-5-19-35/h3,6,9-17,21,29H,4-5,7-8,18-20H2,1-2H3/q+1. The highest BCUT2D eigenvalue weighted by Gasteiger charge is 2.44. The van der Waals surface area contributed by atoms with Gasteiger partial charge in [-0.25, -0.2) is 4.57 Å². The molecule has 0 aliphatic heterocycles. The molecule has 0 bridgehead atoms. The summed E-state index contributed by atoms with van der Waals surface area (Å²) in [5.74, 6) is 0.675. The largest absolute Gasteiger partial charge is 0.454 e. The Bertz CT molecular complexity index is 1720. The van der Waals surface area contributed by atoms with Crippen molar-refractivity contribution < 1.29 is 8.98 Å². The van der Waals surface area contributed by atoms with Gasteiger partial charge in [0.15, 0.2) is 6.20 Å². The molecule has 1 unspecified atom stereocenters. The van der Waals surface area contributed by atoms with Crippen LogP contribution in [0.5, 0.6) is 0 Å². The summed E-state index contributed by atoms with van der Waals surface area (Å²) in [6, 6.07) is 26.1. The maximum Gasteiger partial charge on any atom is 0.216 e. The number of hydrogen-bond acceptors (Lipinski definition) is 2. The molecule has 188 valence electrons. The first kappa shape index (κ1) is 23.2. The van der Waals surface area contributed by atoms with Gasteiger partial charge in [0, 0.05) is 28.5 Å². The quantitative estimate of drug-likeness (QED) is 0.234. The number of fused-ring (bicyclic) bond motifs is 3. The van der Waals surface area contributed by atoms with Crippen LogP contribution in [0.3, 0.4) is 0 Å². The van der Waals surface area contributed by atoms with Gasteiger partial charge in [0.2, 0.25) is 5.69 Å². The van der Waals surface area contributed by atoms with E-state index in [0.717, 1.165) is 44.3 Å². The van der Waals surface area contributed by atoms with E-state index in [9.17, 15) is 5.26 Å². The van der Waals surface area contributed by atoms with Crippen LogP contribution >= 0.6 is 0 Å². The highest BCUT2D eigenvalue weighted by Crippen LogP contribution is 2.58. The molecule has 0 N–H and O–H groups in total. The van der Waals surface area contributed by atoms with Crippen LogP contribution in [0.4, 0.5) is 0 Å². The fraction of sp³-hybridized carbons (Fsp3) is 0.314. The van der Waals surface area contributed by atoms with Gasteiger partial charge in [-0.1, -0.05) is 55.7 Å². The van der Waals surface area contributed by atoms with Gasteiger partial charge in [0.05, 0.1) is 17.2 Å². The van der Waals surface area contributed by atoms with Crippen LogP contribution in [0.2, 0.25) is 0 Å². The molecule has 3 aromatic carbocycles. The Kier molecular flexibility index (Phi) is 5.41. The zero-order valence-electron chi connectivity index (χ0n) is 22.3. The smallest absolute Gasteiger partial charge is 0.216 e. The maximum absolute atomic E-state index is 10.1. The molecule has 38 heavy (non-hydrogen) atoms. The molecule has 0 amide bonds. The summed E-state index contributed by atoms with van der Waals surface area (Å²) >= 11 is 0. The van der Waals surface area contributed by atoms with Gasteiger partial charge in [-0.2, -0.15) is 5.26 Å². The van der Waals surface area contributed by atoms with Crippen LogP contribution in [-0.4, -0.2) is 0 Å². The average Bonchev–Trinajstić information content (AvgIpc) is 3.68. The molecule has 0 saturated heterocycles. The second-order valence-electron chi connectivity index (χ2n) is 11.5. The summed E-state index contributed by atoms with van der Waals surface area (Å²) in [6.07, 6.45) is 11.7. The lowest BCUT2D eigenvalue weighted by Crippen LogP contribution is -2.30. The van der Waals surface area contributed by atoms with E-state index in [0.29, 0.717) is 16.9 Å². The molecular formula is C35H33N2O+. The molecule has 2 saturated carbocycles. The number of pyridine rings is 1. The second kappa shape index (κ2) is 8.84. The van der Waals surface area contributed by atoms with Crippen LogP contribution in [0.15, 0.2) is 77.3 Å². The molecule has 2 heterocycles. The molecule has 2 aliphatic rings. The molecule has 7 rings (SSSR count). The number of aryl methyl sites for hydroxylation is 2. The highest BCUT2D eigenvalue weighted by atomic mass is 16.3. The predicted molar refractivity (Wildman–Crippen MR) is 153 cm³/mol. The van der Waals surface area contributed by atoms with E-state index >= 15 is 0 Å². The molecule has 2 aromatic heterocycles. The average molecular weight is 498 g/mol. The summed E-state index contributed by atoms with van der Waals surface area (Å²) in [7, 11) is 2.07. The molecule has 1 spiro atoms. The third-order valence-electron chi connectivity index (χ3n) is 9.56. The number of nitrogens with zero attached hydrogens (tertiary/aromatic N) is 2. The molecule has 2 aliphatic carbocycles. The summed E-state index contributed by atoms with van der Waals surface area (Å²) in [4.78, 5) is 0. The lowest BCUT2D eigenvalue weighted by atomic mass is 9.73. The van der Waals surface area contributed by atoms with Crippen LogP contribution in [0.1, 0.15) is 67.6 Å². The minimum absolute atomic E-state index is 0.528. The van der Waals surface area contributed by atoms with Crippen LogP contribution < -0.4 is 4.57 Å². The van der Waals surface area contributed by atoms with Gasteiger partial charge in [-0.3, -0.25) is 0 Å². The number of nitriles is 1. The number of aromatic nitrogens is 1. The molecule has 5 aromatic rings. The fourth-order valence-corrected chi connectivity index (χ4v) is 7.70. The fourth-order valence-electron chi connectivity index (χ4n) is 7.70. The Morgan fingerprint density at radius 3 is 2.29 bits per heavy atom. The van der Waals surface area contributed by atoms with Gasteiger partial charge in [-0.15, -0.1) is 0 Å². The van der Waals surface area contributed by atoms with E-state index in [-0.39, 0.29) is 0 Å². The van der Waals surface area contributed by atoms with Crippen molar-refractivity contribution in [1.29, 1.82) is 5.26 Å². The minimum Gasteiger partial charge on any atom is -0.454 e. The number of rotatable bonds is 3. The predicted octanol–water partition coefficient (Wildman–Crippen LogP) is 8.75. The van der Waals surface area contributed by atoms with Crippen molar-refractivity contribution in [3.63, 3.8) is 0 Å². The molecular weight excluding hydrogens is 464 g/mol. The van der Waals surface area contributed by atoms with Gasteiger partial charge in [0.25, 0.3) is 0 Å². The summed E-state index contributed by atoms with van der Waals surface area (Å²) in [5.41, 5.74) is 9.66. The van der Waals surface area contributed by atoms with Crippen molar-refractivity contribution in [3.8, 4) is 28.5 Å². The van der Waals surface area contributed by atoms with Crippen LogP contribution in [0.25, 0.3) is 44.3 Å². The van der Waals surface area contributed by atoms with Crippen molar-refractivity contribution in [2.45, 2.75) is 57.8 Å². The zero-order valence-corrected chi connectivity index (χ0v) is 22.3. The Morgan fingerprint density at radius 2 is 1.55 bits per heavy atom. The van der Waals surface area contributed by atoms with Gasteiger partial charge in [-0.05, 0) is 78.8 Å². The van der Waals surface area contributed by atoms with E-state index in [4.69, 9.17) is 4.42 Å². The third-order valence-corrected chi connectivity index (χ3v) is 9.56. The van der Waals surface area contributed by atoms with E-state index in [1.165, 1.54) is 56.1 Å². The Morgan fingerprint density at radius 1 is 0.842 bits per heavy atom. The molecule has 1 atom stereocenters. The normalized spacial score (nSPS) is 18.5. The van der Waals surface area contributed by atoms with E-state index in [1.807, 2.05) is 18.2 Å². The zero-order chi connectivity index (χ0) is 25.9.